The molecule has 0 spiro atoms. The van der Waals surface area contributed by atoms with Crippen molar-refractivity contribution < 1.29 is 4.79 Å². The predicted molar refractivity (Wildman–Crippen MR) is 72.5 cm³/mol. The van der Waals surface area contributed by atoms with Gasteiger partial charge in [-0.1, -0.05) is 22.9 Å². The molecule has 0 saturated heterocycles. The highest BCUT2D eigenvalue weighted by molar-refractivity contribution is 9.10. The molecule has 1 aromatic carbocycles. The predicted octanol–water partition coefficient (Wildman–Crippen LogP) is 2.98. The van der Waals surface area contributed by atoms with E-state index in [0.717, 1.165) is 29.0 Å². The maximum absolute atomic E-state index is 11.7. The molecule has 0 aliphatic carbocycles. The van der Waals surface area contributed by atoms with Gasteiger partial charge in [0.2, 0.25) is 5.91 Å². The van der Waals surface area contributed by atoms with Gasteiger partial charge in [-0.05, 0) is 31.5 Å². The molecular formula is C12H14BrN3O. The van der Waals surface area contributed by atoms with Crippen LogP contribution in [-0.4, -0.2) is 20.7 Å². The van der Waals surface area contributed by atoms with Gasteiger partial charge in [0.15, 0.2) is 0 Å². The molecule has 5 heteroatoms. The average molecular weight is 296 g/mol. The number of fused-ring (bicyclic) bond motifs is 1. The molecule has 2 N–H and O–H groups in total. The lowest BCUT2D eigenvalue weighted by Gasteiger charge is -2.08. The fourth-order valence-electron chi connectivity index (χ4n) is 1.62. The first-order chi connectivity index (χ1) is 8.10. The van der Waals surface area contributed by atoms with Gasteiger partial charge in [0.05, 0.1) is 15.9 Å². The van der Waals surface area contributed by atoms with Crippen LogP contribution in [0.25, 0.3) is 11.0 Å². The Balaban J connectivity index is 2.22. The van der Waals surface area contributed by atoms with Crippen LogP contribution in [0.15, 0.2) is 18.2 Å². The molecule has 1 unspecified atom stereocenters. The number of amides is 1. The van der Waals surface area contributed by atoms with E-state index in [-0.39, 0.29) is 10.7 Å². The highest BCUT2D eigenvalue weighted by Gasteiger charge is 2.12. The zero-order valence-corrected chi connectivity index (χ0v) is 11.3. The first-order valence-corrected chi connectivity index (χ1v) is 6.43. The van der Waals surface area contributed by atoms with Crippen LogP contribution in [0.1, 0.15) is 19.2 Å². The molecule has 0 aliphatic rings. The Bertz CT molecular complexity index is 550. The number of rotatable bonds is 3. The molecule has 1 atom stereocenters. The number of aromatic amines is 1. The summed E-state index contributed by atoms with van der Waals surface area (Å²) in [5.74, 6) is 0.846. The average Bonchev–Trinajstić information content (AvgIpc) is 2.67. The fourth-order valence-corrected chi connectivity index (χ4v) is 1.74. The number of benzene rings is 1. The third-order valence-corrected chi connectivity index (χ3v) is 3.57. The minimum atomic E-state index is -0.151. The van der Waals surface area contributed by atoms with E-state index < -0.39 is 0 Å². The monoisotopic (exact) mass is 295 g/mol. The number of H-pyrrole nitrogens is 1. The third kappa shape index (κ3) is 2.66. The second-order valence-corrected chi connectivity index (χ2v) is 5.02. The van der Waals surface area contributed by atoms with E-state index in [9.17, 15) is 4.79 Å². The summed E-state index contributed by atoms with van der Waals surface area (Å²) in [7, 11) is 0. The fraction of sp³-hybridized carbons (Fsp3) is 0.333. The lowest BCUT2D eigenvalue weighted by molar-refractivity contribution is -0.115. The first kappa shape index (κ1) is 12.1. The van der Waals surface area contributed by atoms with Crippen molar-refractivity contribution in [3.63, 3.8) is 0 Å². The van der Waals surface area contributed by atoms with Crippen molar-refractivity contribution in [2.75, 3.05) is 5.32 Å². The van der Waals surface area contributed by atoms with Crippen LogP contribution in [0, 0.1) is 6.92 Å². The molecule has 0 saturated carbocycles. The molecule has 0 aliphatic heterocycles. The topological polar surface area (TPSA) is 57.8 Å². The van der Waals surface area contributed by atoms with E-state index in [1.807, 2.05) is 32.0 Å². The summed E-state index contributed by atoms with van der Waals surface area (Å²) in [6.45, 7) is 3.87. The van der Waals surface area contributed by atoms with Crippen molar-refractivity contribution in [3.8, 4) is 0 Å². The summed E-state index contributed by atoms with van der Waals surface area (Å²) in [5, 5.41) is 2.86. The van der Waals surface area contributed by atoms with Crippen LogP contribution in [0.4, 0.5) is 5.69 Å². The lowest BCUT2D eigenvalue weighted by atomic mass is 10.2. The van der Waals surface area contributed by atoms with Gasteiger partial charge in [-0.2, -0.15) is 0 Å². The number of hydrogen-bond donors (Lipinski definition) is 2. The van der Waals surface area contributed by atoms with Crippen molar-refractivity contribution >= 4 is 38.6 Å². The highest BCUT2D eigenvalue weighted by Crippen LogP contribution is 2.18. The first-order valence-electron chi connectivity index (χ1n) is 5.51. The number of hydrogen-bond acceptors (Lipinski definition) is 2. The molecular weight excluding hydrogens is 282 g/mol. The number of halogens is 1. The minimum absolute atomic E-state index is 0.0249. The number of nitrogens with one attached hydrogen (secondary N) is 2. The number of carbonyl (C=O) groups is 1. The van der Waals surface area contributed by atoms with Gasteiger partial charge in [0.25, 0.3) is 0 Å². The quantitative estimate of drug-likeness (QED) is 0.855. The molecule has 0 bridgehead atoms. The zero-order chi connectivity index (χ0) is 12.4. The number of nitrogens with zero attached hydrogens (tertiary/aromatic N) is 1. The van der Waals surface area contributed by atoms with Crippen LogP contribution in [-0.2, 0) is 4.79 Å². The van der Waals surface area contributed by atoms with Gasteiger partial charge in [0.1, 0.15) is 5.82 Å². The summed E-state index contributed by atoms with van der Waals surface area (Å²) in [4.78, 5) is 19.0. The van der Waals surface area contributed by atoms with E-state index in [1.54, 1.807) is 0 Å². The van der Waals surface area contributed by atoms with Crippen molar-refractivity contribution in [2.45, 2.75) is 25.1 Å². The molecule has 90 valence electrons. The van der Waals surface area contributed by atoms with Crippen LogP contribution < -0.4 is 5.32 Å². The Kier molecular flexibility index (Phi) is 3.47. The van der Waals surface area contributed by atoms with E-state index in [4.69, 9.17) is 0 Å². The Labute approximate surface area is 108 Å². The minimum Gasteiger partial charge on any atom is -0.342 e. The molecule has 1 heterocycles. The Morgan fingerprint density at radius 1 is 1.59 bits per heavy atom. The number of anilines is 1. The Morgan fingerprint density at radius 3 is 3.06 bits per heavy atom. The Morgan fingerprint density at radius 2 is 2.35 bits per heavy atom. The lowest BCUT2D eigenvalue weighted by Crippen LogP contribution is -2.21. The van der Waals surface area contributed by atoms with E-state index in [1.165, 1.54) is 0 Å². The van der Waals surface area contributed by atoms with Crippen molar-refractivity contribution in [1.29, 1.82) is 0 Å². The standard InChI is InChI=1S/C12H14BrN3O/c1-3-9(13)12(17)16-8-4-5-10-11(6-8)15-7(2)14-10/h4-6,9H,3H2,1-2H3,(H,14,15)(H,16,17). The van der Waals surface area contributed by atoms with Gasteiger partial charge in [-0.3, -0.25) is 4.79 Å². The maximum Gasteiger partial charge on any atom is 0.238 e. The second-order valence-electron chi connectivity index (χ2n) is 3.92. The summed E-state index contributed by atoms with van der Waals surface area (Å²) >= 11 is 3.32. The van der Waals surface area contributed by atoms with Crippen LogP contribution in [0.5, 0.6) is 0 Å². The molecule has 4 nitrogen and oxygen atoms in total. The molecule has 2 rings (SSSR count). The number of aryl methyl sites for hydroxylation is 1. The van der Waals surface area contributed by atoms with Gasteiger partial charge in [-0.15, -0.1) is 0 Å². The maximum atomic E-state index is 11.7. The normalized spacial score (nSPS) is 12.6. The van der Waals surface area contributed by atoms with Gasteiger partial charge < -0.3 is 10.3 Å². The second kappa shape index (κ2) is 4.87. The summed E-state index contributed by atoms with van der Waals surface area (Å²) in [5.41, 5.74) is 2.62. The largest absolute Gasteiger partial charge is 0.342 e. The number of aromatic nitrogens is 2. The zero-order valence-electron chi connectivity index (χ0n) is 9.75. The SMILES string of the molecule is CCC(Br)C(=O)Nc1ccc2nc(C)[nH]c2c1. The molecule has 1 aromatic heterocycles. The van der Waals surface area contributed by atoms with Crippen molar-refractivity contribution in [2.24, 2.45) is 0 Å². The summed E-state index contributed by atoms with van der Waals surface area (Å²) < 4.78 is 0. The molecule has 17 heavy (non-hydrogen) atoms. The number of imidazole rings is 1. The van der Waals surface area contributed by atoms with Crippen LogP contribution >= 0.6 is 15.9 Å². The van der Waals surface area contributed by atoms with Crippen molar-refractivity contribution in [3.05, 3.63) is 24.0 Å². The molecule has 0 radical (unpaired) electrons. The molecule has 0 fully saturated rings. The van der Waals surface area contributed by atoms with Crippen molar-refractivity contribution in [1.82, 2.24) is 9.97 Å². The Hall–Kier alpha value is -1.36. The van der Waals surface area contributed by atoms with Crippen LogP contribution in [0.3, 0.4) is 0 Å². The van der Waals surface area contributed by atoms with Gasteiger partial charge in [-0.25, -0.2) is 4.98 Å². The van der Waals surface area contributed by atoms with Gasteiger partial charge in [0, 0.05) is 5.69 Å². The number of carbonyl (C=O) groups excluding carboxylic acids is 1. The smallest absolute Gasteiger partial charge is 0.238 e. The summed E-state index contributed by atoms with van der Waals surface area (Å²) in [6.07, 6.45) is 0.761. The van der Waals surface area contributed by atoms with E-state index in [0.29, 0.717) is 0 Å². The summed E-state index contributed by atoms with van der Waals surface area (Å²) in [6, 6.07) is 5.64. The van der Waals surface area contributed by atoms with Gasteiger partial charge >= 0.3 is 0 Å². The number of alkyl halides is 1. The van der Waals surface area contributed by atoms with E-state index in [2.05, 4.69) is 31.2 Å². The van der Waals surface area contributed by atoms with Crippen LogP contribution in [0.2, 0.25) is 0 Å². The molecule has 2 aromatic rings. The highest BCUT2D eigenvalue weighted by atomic mass is 79.9. The molecule has 1 amide bonds. The van der Waals surface area contributed by atoms with E-state index >= 15 is 0 Å². The third-order valence-electron chi connectivity index (χ3n) is 2.51.